The van der Waals surface area contributed by atoms with E-state index in [1.54, 1.807) is 12.1 Å². The molecule has 5 nitrogen and oxygen atoms in total. The maximum Gasteiger partial charge on any atom is 0.387 e. The van der Waals surface area contributed by atoms with Crippen molar-refractivity contribution in [3.63, 3.8) is 0 Å². The minimum absolute atomic E-state index is 0.0980. The quantitative estimate of drug-likeness (QED) is 0.525. The molecule has 30 heavy (non-hydrogen) atoms. The Balaban J connectivity index is 1.48. The summed E-state index contributed by atoms with van der Waals surface area (Å²) < 4.78 is 28.8. The number of thiazole rings is 1. The number of hydrogen-bond donors (Lipinski definition) is 1. The number of anilines is 1. The summed E-state index contributed by atoms with van der Waals surface area (Å²) in [4.78, 5) is 18.8. The van der Waals surface area contributed by atoms with Gasteiger partial charge in [-0.25, -0.2) is 4.98 Å². The number of benzene rings is 2. The van der Waals surface area contributed by atoms with Crippen LogP contribution in [0.1, 0.15) is 21.8 Å². The van der Waals surface area contributed by atoms with Crippen molar-refractivity contribution in [3.8, 4) is 5.75 Å². The average molecular weight is 432 g/mol. The Labute approximate surface area is 178 Å². The number of nitrogens with zero attached hydrogens (tertiary/aromatic N) is 2. The number of aryl methyl sites for hydroxylation is 1. The van der Waals surface area contributed by atoms with Crippen LogP contribution >= 0.6 is 11.3 Å². The molecule has 0 spiro atoms. The maximum atomic E-state index is 12.2. The zero-order valence-corrected chi connectivity index (χ0v) is 17.6. The summed E-state index contributed by atoms with van der Waals surface area (Å²) in [5.74, 6) is 0.0451. The van der Waals surface area contributed by atoms with Crippen LogP contribution < -0.4 is 10.1 Å². The molecule has 1 amide bonds. The minimum atomic E-state index is -2.82. The van der Waals surface area contributed by atoms with Crippen LogP contribution in [-0.4, -0.2) is 29.5 Å². The maximum absolute atomic E-state index is 12.2. The molecule has 3 rings (SSSR count). The molecule has 0 aliphatic rings. The Hall–Kier alpha value is -2.84. The van der Waals surface area contributed by atoms with Crippen LogP contribution in [0.2, 0.25) is 0 Å². The molecular formula is C22H23F2N3O2S. The van der Waals surface area contributed by atoms with Gasteiger partial charge in [-0.2, -0.15) is 8.78 Å². The molecule has 0 atom stereocenters. The highest BCUT2D eigenvalue weighted by molar-refractivity contribution is 7.09. The number of amides is 1. The van der Waals surface area contributed by atoms with Crippen molar-refractivity contribution in [2.24, 2.45) is 0 Å². The van der Waals surface area contributed by atoms with Crippen molar-refractivity contribution >= 4 is 22.9 Å². The van der Waals surface area contributed by atoms with E-state index < -0.39 is 6.61 Å². The van der Waals surface area contributed by atoms with Crippen LogP contribution in [0.25, 0.3) is 0 Å². The monoisotopic (exact) mass is 431 g/mol. The van der Waals surface area contributed by atoms with Crippen molar-refractivity contribution in [1.82, 2.24) is 9.88 Å². The van der Waals surface area contributed by atoms with Crippen LogP contribution in [0, 0.1) is 6.92 Å². The number of ether oxygens (including phenoxy) is 1. The van der Waals surface area contributed by atoms with E-state index in [0.29, 0.717) is 13.1 Å². The second-order valence-corrected chi connectivity index (χ2v) is 7.96. The summed E-state index contributed by atoms with van der Waals surface area (Å²) >= 11 is 1.46. The number of aromatic nitrogens is 1. The van der Waals surface area contributed by atoms with E-state index in [9.17, 15) is 13.6 Å². The summed E-state index contributed by atoms with van der Waals surface area (Å²) in [6, 6.07) is 14.2. The molecule has 3 aromatic rings. The predicted octanol–water partition coefficient (Wildman–Crippen LogP) is 4.87. The Bertz CT molecular complexity index is 959. The van der Waals surface area contributed by atoms with Crippen molar-refractivity contribution in [1.29, 1.82) is 0 Å². The molecular weight excluding hydrogens is 408 g/mol. The highest BCUT2D eigenvalue weighted by Gasteiger charge is 2.11. The van der Waals surface area contributed by atoms with Crippen LogP contribution in [-0.2, 0) is 24.3 Å². The second kappa shape index (κ2) is 10.3. The average Bonchev–Trinajstić information content (AvgIpc) is 3.11. The summed E-state index contributed by atoms with van der Waals surface area (Å²) in [5.41, 5.74) is 3.77. The molecule has 0 aliphatic carbocycles. The van der Waals surface area contributed by atoms with E-state index in [1.165, 1.54) is 23.5 Å². The van der Waals surface area contributed by atoms with E-state index in [-0.39, 0.29) is 18.1 Å². The Kier molecular flexibility index (Phi) is 7.48. The Morgan fingerprint density at radius 2 is 1.83 bits per heavy atom. The number of hydrogen-bond acceptors (Lipinski definition) is 5. The van der Waals surface area contributed by atoms with Crippen molar-refractivity contribution in [2.45, 2.75) is 33.0 Å². The first-order valence-electron chi connectivity index (χ1n) is 9.39. The third-order valence-corrected chi connectivity index (χ3v) is 5.18. The van der Waals surface area contributed by atoms with Gasteiger partial charge >= 0.3 is 6.61 Å². The van der Waals surface area contributed by atoms with Gasteiger partial charge in [-0.05, 0) is 43.8 Å². The van der Waals surface area contributed by atoms with Crippen LogP contribution in [0.4, 0.5) is 14.5 Å². The lowest BCUT2D eigenvalue weighted by molar-refractivity contribution is -0.115. The molecule has 0 saturated carbocycles. The molecule has 1 N–H and O–H groups in total. The number of carbonyl (C=O) groups excluding carboxylic acids is 1. The zero-order valence-electron chi connectivity index (χ0n) is 16.8. The van der Waals surface area contributed by atoms with E-state index in [2.05, 4.69) is 19.9 Å². The fourth-order valence-corrected chi connectivity index (χ4v) is 3.69. The smallest absolute Gasteiger partial charge is 0.387 e. The van der Waals surface area contributed by atoms with Gasteiger partial charge in [0.25, 0.3) is 0 Å². The lowest BCUT2D eigenvalue weighted by atomic mass is 10.2. The van der Waals surface area contributed by atoms with E-state index >= 15 is 0 Å². The van der Waals surface area contributed by atoms with Gasteiger partial charge in [-0.3, -0.25) is 9.69 Å². The van der Waals surface area contributed by atoms with Gasteiger partial charge in [0.2, 0.25) is 5.91 Å². The lowest BCUT2D eigenvalue weighted by Gasteiger charge is -2.15. The summed E-state index contributed by atoms with van der Waals surface area (Å²) in [6.45, 7) is 0.425. The van der Waals surface area contributed by atoms with Crippen LogP contribution in [0.15, 0.2) is 53.9 Å². The van der Waals surface area contributed by atoms with Gasteiger partial charge in [-0.1, -0.05) is 29.8 Å². The number of carbonyl (C=O) groups is 1. The normalized spacial score (nSPS) is 11.1. The second-order valence-electron chi connectivity index (χ2n) is 7.02. The molecule has 0 unspecified atom stereocenters. The third kappa shape index (κ3) is 6.89. The van der Waals surface area contributed by atoms with E-state index in [4.69, 9.17) is 0 Å². The first-order valence-corrected chi connectivity index (χ1v) is 10.3. The molecule has 0 bridgehead atoms. The van der Waals surface area contributed by atoms with Gasteiger partial charge in [0.05, 0.1) is 12.1 Å². The number of halogens is 2. The molecule has 158 valence electrons. The molecule has 2 aromatic carbocycles. The first kappa shape index (κ1) is 21.9. The highest BCUT2D eigenvalue weighted by Crippen LogP contribution is 2.18. The summed E-state index contributed by atoms with van der Waals surface area (Å²) in [5, 5.41) is 5.59. The molecule has 1 heterocycles. The molecule has 0 radical (unpaired) electrons. The van der Waals surface area contributed by atoms with Crippen molar-refractivity contribution < 1.29 is 18.3 Å². The topological polar surface area (TPSA) is 54.5 Å². The largest absolute Gasteiger partial charge is 0.435 e. The summed E-state index contributed by atoms with van der Waals surface area (Å²) in [6.07, 6.45) is 0.230. The first-order chi connectivity index (χ1) is 14.4. The number of nitrogens with one attached hydrogen (secondary N) is 1. The fourth-order valence-electron chi connectivity index (χ4n) is 2.90. The third-order valence-electron chi connectivity index (χ3n) is 4.28. The number of alkyl halides is 2. The molecule has 8 heteroatoms. The fraction of sp³-hybridized carbons (Fsp3) is 0.273. The molecule has 0 fully saturated rings. The Morgan fingerprint density at radius 3 is 2.50 bits per heavy atom. The Morgan fingerprint density at radius 1 is 1.13 bits per heavy atom. The standard InChI is InChI=1S/C22H23F2N3O2S/c1-15-3-7-17(8-4-15)25-20(28)11-21-26-18(14-30-21)13-27(2)12-16-5-9-19(10-6-16)29-22(23)24/h3-10,14,22H,11-13H2,1-2H3,(H,25,28). The molecule has 0 aliphatic heterocycles. The van der Waals surface area contributed by atoms with E-state index in [1.807, 2.05) is 43.6 Å². The minimum Gasteiger partial charge on any atom is -0.435 e. The zero-order chi connectivity index (χ0) is 21.5. The van der Waals surface area contributed by atoms with Gasteiger partial charge in [0, 0.05) is 24.2 Å². The number of rotatable bonds is 9. The predicted molar refractivity (Wildman–Crippen MR) is 114 cm³/mol. The molecule has 1 aromatic heterocycles. The summed E-state index contributed by atoms with van der Waals surface area (Å²) in [7, 11) is 1.95. The molecule has 0 saturated heterocycles. The van der Waals surface area contributed by atoms with Gasteiger partial charge < -0.3 is 10.1 Å². The van der Waals surface area contributed by atoms with Crippen molar-refractivity contribution in [3.05, 3.63) is 75.7 Å². The van der Waals surface area contributed by atoms with Crippen LogP contribution in [0.3, 0.4) is 0 Å². The SMILES string of the molecule is Cc1ccc(NC(=O)Cc2nc(CN(C)Cc3ccc(OC(F)F)cc3)cs2)cc1. The highest BCUT2D eigenvalue weighted by atomic mass is 32.1. The van der Waals surface area contributed by atoms with Crippen molar-refractivity contribution in [2.75, 3.05) is 12.4 Å². The van der Waals surface area contributed by atoms with Gasteiger partial charge in [-0.15, -0.1) is 11.3 Å². The lowest BCUT2D eigenvalue weighted by Crippen LogP contribution is -2.18. The van der Waals surface area contributed by atoms with Crippen LogP contribution in [0.5, 0.6) is 5.75 Å². The van der Waals surface area contributed by atoms with Gasteiger partial charge in [0.15, 0.2) is 0 Å². The van der Waals surface area contributed by atoms with E-state index in [0.717, 1.165) is 27.5 Å². The van der Waals surface area contributed by atoms with Gasteiger partial charge in [0.1, 0.15) is 10.8 Å².